The standard InChI is InChI=1S/C23H22BrN4O3.C23H21BrN4O2/c1-31-17-7-4-15(5-8-17)12-27-21(14-26-10-2-3-22(26)29)25-19-13-28(30)20-11-16(24)6-9-18(20)23(19)27;1-30-17-7-4-15(5-8-17)13-28-21(14-27-10-2-3-22(27)29)26-20-12-25-19-11-16(24)6-9-18(19)23(20)28/h4-9,11,13,30H,2-3,10,12,14H2,1H3;4-9,11-12H,2-3,10,13-14H2,1H3/q+1;. The number of hydrogen-bond acceptors (Lipinski definition) is 8. The van der Waals surface area contributed by atoms with E-state index in [9.17, 15) is 14.8 Å². The van der Waals surface area contributed by atoms with Crippen LogP contribution in [0.1, 0.15) is 48.5 Å². The number of pyridine rings is 2. The van der Waals surface area contributed by atoms with Crippen LogP contribution in [0.2, 0.25) is 0 Å². The van der Waals surface area contributed by atoms with Crippen molar-refractivity contribution in [2.75, 3.05) is 27.3 Å². The maximum atomic E-state index is 12.3. The summed E-state index contributed by atoms with van der Waals surface area (Å²) in [5.74, 6) is 3.68. The number of fused-ring (bicyclic) bond motifs is 6. The molecular formula is C46H43Br2N8O5+. The predicted molar refractivity (Wildman–Crippen MR) is 239 cm³/mol. The number of carbonyl (C=O) groups excluding carboxylic acids is 2. The van der Waals surface area contributed by atoms with E-state index in [1.54, 1.807) is 20.4 Å². The lowest BCUT2D eigenvalue weighted by Crippen LogP contribution is -2.30. The number of methoxy groups -OCH3 is 2. The smallest absolute Gasteiger partial charge is 0.267 e. The van der Waals surface area contributed by atoms with E-state index in [-0.39, 0.29) is 11.8 Å². The first-order valence-corrected chi connectivity index (χ1v) is 21.7. The van der Waals surface area contributed by atoms with Crippen molar-refractivity contribution >= 4 is 87.5 Å². The van der Waals surface area contributed by atoms with Crippen LogP contribution in [0, 0.1) is 0 Å². The molecule has 13 nitrogen and oxygen atoms in total. The number of imidazole rings is 2. The zero-order valence-electron chi connectivity index (χ0n) is 33.7. The molecule has 2 amide bonds. The molecule has 0 atom stereocenters. The van der Waals surface area contributed by atoms with Gasteiger partial charge in [-0.2, -0.15) is 0 Å². The van der Waals surface area contributed by atoms with Crippen LogP contribution in [0.25, 0.3) is 43.9 Å². The van der Waals surface area contributed by atoms with Crippen LogP contribution < -0.4 is 14.2 Å². The summed E-state index contributed by atoms with van der Waals surface area (Å²) in [4.78, 5) is 42.6. The molecule has 2 aliphatic rings. The number of amides is 2. The summed E-state index contributed by atoms with van der Waals surface area (Å²) < 4.78 is 17.9. The van der Waals surface area contributed by atoms with Gasteiger partial charge in [-0.3, -0.25) is 19.8 Å². The summed E-state index contributed by atoms with van der Waals surface area (Å²) in [5, 5.41) is 12.5. The fourth-order valence-corrected chi connectivity index (χ4v) is 9.00. The average molecular weight is 948 g/mol. The molecule has 4 aromatic heterocycles. The van der Waals surface area contributed by atoms with Crippen LogP contribution in [0.15, 0.2) is 106 Å². The van der Waals surface area contributed by atoms with Gasteiger partial charge in [0.2, 0.25) is 11.8 Å². The van der Waals surface area contributed by atoms with Gasteiger partial charge in [-0.05, 0) is 78.6 Å². The Morgan fingerprint density at radius 1 is 0.639 bits per heavy atom. The molecular weight excluding hydrogens is 904 g/mol. The number of nitrogens with zero attached hydrogens (tertiary/aromatic N) is 8. The van der Waals surface area contributed by atoms with Crippen molar-refractivity contribution < 1.29 is 29.0 Å². The van der Waals surface area contributed by atoms with Crippen LogP contribution >= 0.6 is 31.9 Å². The minimum Gasteiger partial charge on any atom is -0.497 e. The summed E-state index contributed by atoms with van der Waals surface area (Å²) in [5.41, 5.74) is 7.35. The van der Waals surface area contributed by atoms with E-state index in [0.717, 1.165) is 107 Å². The van der Waals surface area contributed by atoms with Crippen molar-refractivity contribution in [3.8, 4) is 11.5 Å². The minimum atomic E-state index is 0.161. The number of benzene rings is 4. The summed E-state index contributed by atoms with van der Waals surface area (Å²) in [6.07, 6.45) is 6.46. The Labute approximate surface area is 368 Å². The van der Waals surface area contributed by atoms with Gasteiger partial charge in [-0.1, -0.05) is 56.1 Å². The van der Waals surface area contributed by atoms with Crippen molar-refractivity contribution in [2.24, 2.45) is 0 Å². The van der Waals surface area contributed by atoms with Gasteiger partial charge in [0.15, 0.2) is 5.52 Å². The maximum Gasteiger partial charge on any atom is 0.267 e. The molecule has 2 fully saturated rings. The Hall–Kier alpha value is -6.06. The lowest BCUT2D eigenvalue weighted by atomic mass is 10.1. The van der Waals surface area contributed by atoms with E-state index in [4.69, 9.17) is 19.4 Å². The summed E-state index contributed by atoms with van der Waals surface area (Å²) in [6.45, 7) is 3.76. The maximum absolute atomic E-state index is 12.3. The third-order valence-electron chi connectivity index (χ3n) is 11.4. The van der Waals surface area contributed by atoms with Gasteiger partial charge in [0.05, 0.1) is 55.4 Å². The molecule has 0 unspecified atom stereocenters. The normalized spacial score (nSPS) is 14.2. The molecule has 6 heterocycles. The predicted octanol–water partition coefficient (Wildman–Crippen LogP) is 8.18. The Balaban J connectivity index is 0.000000156. The Kier molecular flexibility index (Phi) is 11.3. The molecule has 61 heavy (non-hydrogen) atoms. The second kappa shape index (κ2) is 17.1. The number of rotatable bonds is 10. The fourth-order valence-electron chi connectivity index (χ4n) is 8.30. The van der Waals surface area contributed by atoms with Gasteiger partial charge in [0.1, 0.15) is 28.7 Å². The van der Waals surface area contributed by atoms with E-state index in [0.29, 0.717) is 50.1 Å². The van der Waals surface area contributed by atoms with Crippen LogP contribution in [-0.2, 0) is 35.8 Å². The molecule has 2 saturated heterocycles. The molecule has 8 aromatic rings. The highest BCUT2D eigenvalue weighted by Crippen LogP contribution is 2.31. The lowest BCUT2D eigenvalue weighted by Gasteiger charge is -2.17. The number of carbonyl (C=O) groups is 2. The van der Waals surface area contributed by atoms with Crippen molar-refractivity contribution in [1.29, 1.82) is 0 Å². The number of ether oxygens (including phenoxy) is 2. The largest absolute Gasteiger partial charge is 0.497 e. The Morgan fingerprint density at radius 3 is 1.67 bits per heavy atom. The van der Waals surface area contributed by atoms with E-state index < -0.39 is 0 Å². The number of halogens is 2. The second-order valence-electron chi connectivity index (χ2n) is 15.3. The zero-order chi connectivity index (χ0) is 42.2. The molecule has 0 spiro atoms. The molecule has 0 radical (unpaired) electrons. The third-order valence-corrected chi connectivity index (χ3v) is 12.4. The summed E-state index contributed by atoms with van der Waals surface area (Å²) >= 11 is 7.02. The molecule has 0 aliphatic carbocycles. The summed E-state index contributed by atoms with van der Waals surface area (Å²) in [7, 11) is 3.32. The fraction of sp³-hybridized carbons (Fsp3) is 0.261. The number of likely N-dealkylation sites (tertiary alicyclic amines) is 2. The monoisotopic (exact) mass is 945 g/mol. The van der Waals surface area contributed by atoms with Gasteiger partial charge >= 0.3 is 0 Å². The van der Waals surface area contributed by atoms with Crippen LogP contribution in [0.3, 0.4) is 0 Å². The van der Waals surface area contributed by atoms with E-state index in [1.165, 1.54) is 0 Å². The van der Waals surface area contributed by atoms with Gasteiger partial charge in [0, 0.05) is 64.1 Å². The lowest BCUT2D eigenvalue weighted by molar-refractivity contribution is -0.883. The second-order valence-corrected chi connectivity index (χ2v) is 17.1. The topological polar surface area (TPSA) is 132 Å². The van der Waals surface area contributed by atoms with Gasteiger partial charge < -0.3 is 28.4 Å². The van der Waals surface area contributed by atoms with E-state index in [1.807, 2.05) is 82.7 Å². The zero-order valence-corrected chi connectivity index (χ0v) is 36.9. The number of aromatic nitrogens is 6. The van der Waals surface area contributed by atoms with Crippen molar-refractivity contribution in [3.63, 3.8) is 0 Å². The van der Waals surface area contributed by atoms with E-state index >= 15 is 0 Å². The third kappa shape index (κ3) is 8.23. The first-order chi connectivity index (χ1) is 29.6. The van der Waals surface area contributed by atoms with Crippen molar-refractivity contribution in [3.05, 3.63) is 129 Å². The molecule has 10 rings (SSSR count). The van der Waals surface area contributed by atoms with E-state index in [2.05, 4.69) is 64.2 Å². The van der Waals surface area contributed by atoms with Crippen LogP contribution in [0.5, 0.6) is 11.5 Å². The molecule has 0 bridgehead atoms. The highest BCUT2D eigenvalue weighted by molar-refractivity contribution is 9.10. The number of hydrogen-bond donors (Lipinski definition) is 1. The van der Waals surface area contributed by atoms with Gasteiger partial charge in [-0.25, -0.2) is 9.97 Å². The van der Waals surface area contributed by atoms with Gasteiger partial charge in [-0.15, -0.1) is 0 Å². The minimum absolute atomic E-state index is 0.161. The molecule has 310 valence electrons. The Bertz CT molecular complexity index is 2950. The first kappa shape index (κ1) is 40.4. The summed E-state index contributed by atoms with van der Waals surface area (Å²) in [6, 6.07) is 27.9. The highest BCUT2D eigenvalue weighted by atomic mass is 79.9. The molecule has 0 saturated carbocycles. The molecule has 1 N–H and O–H groups in total. The van der Waals surface area contributed by atoms with Gasteiger partial charge in [0.25, 0.3) is 11.7 Å². The molecule has 15 heteroatoms. The SMILES string of the molecule is COc1ccc(Cn2c(CN3CCCC3=O)nc3c[n+](O)c4cc(Br)ccc4c32)cc1.COc1ccc(Cn2c(CN3CCCC3=O)nc3cnc4cc(Br)ccc4c32)cc1. The average Bonchev–Trinajstić information content (AvgIpc) is 4.05. The quantitative estimate of drug-likeness (QED) is 0.107. The Morgan fingerprint density at radius 2 is 1.15 bits per heavy atom. The van der Waals surface area contributed by atoms with Crippen LogP contribution in [-0.4, -0.2) is 78.2 Å². The van der Waals surface area contributed by atoms with Crippen molar-refractivity contribution in [1.82, 2.24) is 33.9 Å². The molecule has 2 aliphatic heterocycles. The first-order valence-electron chi connectivity index (χ1n) is 20.1. The van der Waals surface area contributed by atoms with Crippen LogP contribution in [0.4, 0.5) is 0 Å². The van der Waals surface area contributed by atoms with Crippen molar-refractivity contribution in [2.45, 2.75) is 51.9 Å². The highest BCUT2D eigenvalue weighted by Gasteiger charge is 2.27. The molecule has 4 aromatic carbocycles.